The number of hydrogen-bond acceptors (Lipinski definition) is 1. The molecule has 0 heterocycles. The first-order valence-electron chi connectivity index (χ1n) is 5.45. The van der Waals surface area contributed by atoms with Crippen LogP contribution in [0.2, 0.25) is 13.1 Å². The predicted octanol–water partition coefficient (Wildman–Crippen LogP) is 5.52. The van der Waals surface area contributed by atoms with E-state index in [1.165, 1.54) is 0 Å². The topological polar surface area (TPSA) is 12.4 Å². The van der Waals surface area contributed by atoms with Crippen LogP contribution in [0.5, 0.6) is 0 Å². The van der Waals surface area contributed by atoms with Crippen LogP contribution < -0.4 is 0 Å². The van der Waals surface area contributed by atoms with E-state index in [-0.39, 0.29) is 10.8 Å². The Morgan fingerprint density at radius 1 is 1.00 bits per heavy atom. The maximum absolute atomic E-state index is 6.24. The van der Waals surface area contributed by atoms with Gasteiger partial charge in [-0.25, -0.2) is 0 Å². The number of rotatable bonds is 2. The van der Waals surface area contributed by atoms with Crippen molar-refractivity contribution in [2.75, 3.05) is 0 Å². The zero-order valence-electron chi connectivity index (χ0n) is 11.3. The van der Waals surface area contributed by atoms with Gasteiger partial charge in [0.15, 0.2) is 0 Å². The smallest absolute Gasteiger partial charge is 0.274 e. The van der Waals surface area contributed by atoms with E-state index in [1.54, 1.807) is 0 Å². The molecule has 0 unspecified atom stereocenters. The summed E-state index contributed by atoms with van der Waals surface area (Å²) in [6, 6.07) is 0. The maximum atomic E-state index is 6.24. The summed E-state index contributed by atoms with van der Waals surface area (Å²) in [7, 11) is -0.628. The van der Waals surface area contributed by atoms with Crippen LogP contribution in [0.3, 0.4) is 0 Å². The highest BCUT2D eigenvalue weighted by Crippen LogP contribution is 2.43. The third kappa shape index (κ3) is 6.71. The Labute approximate surface area is 103 Å². The van der Waals surface area contributed by atoms with Gasteiger partial charge < -0.3 is 0 Å². The van der Waals surface area contributed by atoms with E-state index in [0.717, 1.165) is 8.37 Å². The molecule has 1 nitrogen and oxygen atoms in total. The molecule has 15 heavy (non-hydrogen) atoms. The lowest BCUT2D eigenvalue weighted by atomic mass is 9.77. The highest BCUT2D eigenvalue weighted by Gasteiger charge is 2.34. The molecule has 0 aromatic heterocycles. The summed E-state index contributed by atoms with van der Waals surface area (Å²) in [5.74, 6) is 0. The minimum atomic E-state index is -1.79. The second-order valence-electron chi connectivity index (χ2n) is 6.76. The molecular formula is C11H25ClNPSi. The first kappa shape index (κ1) is 15.6. The molecule has 0 spiro atoms. The molecule has 0 saturated carbocycles. The van der Waals surface area contributed by atoms with Crippen molar-refractivity contribution < 1.29 is 0 Å². The fourth-order valence-electron chi connectivity index (χ4n) is 1.84. The van der Waals surface area contributed by atoms with E-state index in [0.29, 0.717) is 5.66 Å². The van der Waals surface area contributed by atoms with E-state index in [9.17, 15) is 0 Å². The first-order chi connectivity index (χ1) is 6.34. The van der Waals surface area contributed by atoms with Gasteiger partial charge in [0.1, 0.15) is 0 Å². The lowest BCUT2D eigenvalue weighted by Crippen LogP contribution is -2.33. The minimum absolute atomic E-state index is 0.278. The van der Waals surface area contributed by atoms with Crippen LogP contribution in [-0.2, 0) is 0 Å². The molecule has 0 fully saturated rings. The summed E-state index contributed by atoms with van der Waals surface area (Å²) in [5, 5.41) is 0. The fraction of sp³-hybridized carbons (Fsp3) is 1.00. The van der Waals surface area contributed by atoms with Gasteiger partial charge in [-0.2, -0.15) is 0 Å². The van der Waals surface area contributed by atoms with Gasteiger partial charge in [-0.3, -0.25) is 4.41 Å². The van der Waals surface area contributed by atoms with Gasteiger partial charge in [0.2, 0.25) is 0 Å². The molecule has 0 bridgehead atoms. The van der Waals surface area contributed by atoms with Crippen molar-refractivity contribution >= 4 is 27.0 Å². The van der Waals surface area contributed by atoms with Gasteiger partial charge in [0, 0.05) is 5.66 Å². The molecule has 0 amide bonds. The summed E-state index contributed by atoms with van der Waals surface area (Å²) < 4.78 is 4.67. The second-order valence-corrected chi connectivity index (χ2v) is 13.9. The van der Waals surface area contributed by atoms with Crippen LogP contribution in [0.15, 0.2) is 4.41 Å². The van der Waals surface area contributed by atoms with Crippen molar-refractivity contribution in [3.63, 3.8) is 0 Å². The average Bonchev–Trinajstić information content (AvgIpc) is 1.75. The van der Waals surface area contributed by atoms with Crippen molar-refractivity contribution in [3.05, 3.63) is 0 Å². The molecule has 0 aliphatic heterocycles. The molecule has 0 saturated heterocycles. The van der Waals surface area contributed by atoms with Crippen molar-refractivity contribution in [1.29, 1.82) is 0 Å². The molecule has 0 radical (unpaired) electrons. The Morgan fingerprint density at radius 3 is 1.53 bits per heavy atom. The molecule has 4 heteroatoms. The van der Waals surface area contributed by atoms with E-state index in [1.807, 2.05) is 0 Å². The number of hydrogen-bond donors (Lipinski definition) is 0. The Balaban J connectivity index is 4.94. The van der Waals surface area contributed by atoms with Crippen molar-refractivity contribution in [1.82, 2.24) is 0 Å². The lowest BCUT2D eigenvalue weighted by molar-refractivity contribution is 0.247. The van der Waals surface area contributed by atoms with Crippen molar-refractivity contribution in [2.24, 2.45) is 15.2 Å². The zero-order chi connectivity index (χ0) is 12.5. The number of nitrogens with zero attached hydrogens (tertiary/aromatic N) is 1. The normalized spacial score (nSPS) is 15.3. The lowest BCUT2D eigenvalue weighted by Gasteiger charge is -2.37. The van der Waals surface area contributed by atoms with E-state index < -0.39 is 7.55 Å². The van der Waals surface area contributed by atoms with Gasteiger partial charge in [-0.1, -0.05) is 41.5 Å². The molecule has 90 valence electrons. The third-order valence-corrected chi connectivity index (χ3v) is 6.88. The Morgan fingerprint density at radius 2 is 1.33 bits per heavy atom. The van der Waals surface area contributed by atoms with Crippen molar-refractivity contribution in [2.45, 2.75) is 60.3 Å². The molecule has 0 aliphatic carbocycles. The van der Waals surface area contributed by atoms with Crippen LogP contribution in [0, 0.1) is 10.8 Å². The quantitative estimate of drug-likeness (QED) is 0.354. The van der Waals surface area contributed by atoms with Crippen LogP contribution >= 0.6 is 19.5 Å². The molecule has 0 aromatic rings. The van der Waals surface area contributed by atoms with Crippen LogP contribution in [0.1, 0.15) is 41.5 Å². The fourth-order valence-corrected chi connectivity index (χ4v) is 4.49. The first-order valence-corrected chi connectivity index (χ1v) is 10.3. The van der Waals surface area contributed by atoms with Gasteiger partial charge >= 0.3 is 0 Å². The summed E-state index contributed by atoms with van der Waals surface area (Å²) in [5.41, 5.74) is 1.11. The highest BCUT2D eigenvalue weighted by molar-refractivity contribution is 7.34. The Kier molecular flexibility index (Phi) is 5.05. The van der Waals surface area contributed by atoms with Gasteiger partial charge in [-0.15, -0.1) is 11.1 Å². The molecule has 0 aliphatic rings. The van der Waals surface area contributed by atoms with Gasteiger partial charge in [0.05, 0.1) is 0 Å². The van der Waals surface area contributed by atoms with Crippen LogP contribution in [0.25, 0.3) is 0 Å². The van der Waals surface area contributed by atoms with E-state index >= 15 is 0 Å². The second kappa shape index (κ2) is 4.85. The largest absolute Gasteiger partial charge is 0.287 e. The van der Waals surface area contributed by atoms with Crippen molar-refractivity contribution in [3.8, 4) is 0 Å². The monoisotopic (exact) mass is 265 g/mol. The SMILES string of the molecule is CC(C)(C)C(P=N[Si](C)(C)Cl)C(C)(C)C. The van der Waals surface area contributed by atoms with Crippen LogP contribution in [-0.4, -0.2) is 13.2 Å². The summed E-state index contributed by atoms with van der Waals surface area (Å²) in [4.78, 5) is 0. The predicted molar refractivity (Wildman–Crippen MR) is 75.4 cm³/mol. The highest BCUT2D eigenvalue weighted by atomic mass is 35.6. The number of halogens is 1. The maximum Gasteiger partial charge on any atom is 0.274 e. The standard InChI is InChI=1S/C11H25ClNPSi/c1-10(2,3)9(11(4,5)6)14-13-15(7,8)12/h9H,1-8H3. The molecule has 0 rings (SSSR count). The van der Waals surface area contributed by atoms with E-state index in [4.69, 9.17) is 11.1 Å². The Hall–Kier alpha value is 0.607. The molecule has 0 atom stereocenters. The summed E-state index contributed by atoms with van der Waals surface area (Å²) >= 11 is 6.24. The zero-order valence-corrected chi connectivity index (χ0v) is 14.0. The average molecular weight is 266 g/mol. The third-order valence-electron chi connectivity index (χ3n) is 2.05. The summed E-state index contributed by atoms with van der Waals surface area (Å²) in [6.45, 7) is 17.9. The molecule has 0 N–H and O–H groups in total. The molecule has 0 aromatic carbocycles. The van der Waals surface area contributed by atoms with Gasteiger partial charge in [-0.05, 0) is 32.3 Å². The van der Waals surface area contributed by atoms with Gasteiger partial charge in [0.25, 0.3) is 7.55 Å². The minimum Gasteiger partial charge on any atom is -0.287 e. The Bertz CT molecular complexity index is 218. The van der Waals surface area contributed by atoms with Crippen LogP contribution in [0.4, 0.5) is 0 Å². The molecular weight excluding hydrogens is 241 g/mol. The van der Waals surface area contributed by atoms with E-state index in [2.05, 4.69) is 59.0 Å². The summed E-state index contributed by atoms with van der Waals surface area (Å²) in [6.07, 6.45) is 0.